The van der Waals surface area contributed by atoms with Gasteiger partial charge in [-0.1, -0.05) is 19.1 Å². The van der Waals surface area contributed by atoms with E-state index >= 15 is 0 Å². The topological polar surface area (TPSA) is 49.9 Å². The molecule has 1 aromatic heterocycles. The predicted octanol–water partition coefficient (Wildman–Crippen LogP) is 2.57. The molecule has 4 heteroatoms. The van der Waals surface area contributed by atoms with Crippen molar-refractivity contribution in [2.45, 2.75) is 32.2 Å². The lowest BCUT2D eigenvalue weighted by atomic mass is 10.0. The lowest BCUT2D eigenvalue weighted by Crippen LogP contribution is -2.34. The molecule has 1 atom stereocenters. The smallest absolute Gasteiger partial charge is 0.118 e. The van der Waals surface area contributed by atoms with Crippen molar-refractivity contribution in [1.82, 2.24) is 15.3 Å². The minimum absolute atomic E-state index is 0.398. The fraction of sp³-hybridized carbons (Fsp3) is 0.438. The maximum atomic E-state index is 5.19. The van der Waals surface area contributed by atoms with Gasteiger partial charge in [-0.2, -0.15) is 0 Å². The van der Waals surface area contributed by atoms with Crippen LogP contribution in [-0.4, -0.2) is 29.7 Å². The first kappa shape index (κ1) is 14.6. The number of hydrogen-bond donors (Lipinski definition) is 2. The van der Waals surface area contributed by atoms with Crippen LogP contribution in [0.5, 0.6) is 5.75 Å². The minimum atomic E-state index is 0.398. The summed E-state index contributed by atoms with van der Waals surface area (Å²) in [4.78, 5) is 7.49. The van der Waals surface area contributed by atoms with Crippen LogP contribution >= 0.6 is 0 Å². The SMILES string of the molecule is CCCNC(Cc1ccc(OC)cc1)Cc1ncc[nH]1. The standard InChI is InChI=1S/C16H23N3O/c1-3-8-17-14(12-16-18-9-10-19-16)11-13-4-6-15(20-2)7-5-13/h4-7,9-10,14,17H,3,8,11-12H2,1-2H3,(H,18,19). The molecule has 0 aliphatic rings. The summed E-state index contributed by atoms with van der Waals surface area (Å²) in [6.45, 7) is 3.21. The fourth-order valence-electron chi connectivity index (χ4n) is 2.25. The molecule has 1 aromatic carbocycles. The van der Waals surface area contributed by atoms with Gasteiger partial charge in [-0.3, -0.25) is 0 Å². The number of methoxy groups -OCH3 is 1. The predicted molar refractivity (Wildman–Crippen MR) is 81.1 cm³/mol. The zero-order valence-electron chi connectivity index (χ0n) is 12.2. The third kappa shape index (κ3) is 4.38. The van der Waals surface area contributed by atoms with Gasteiger partial charge in [0.25, 0.3) is 0 Å². The van der Waals surface area contributed by atoms with Crippen LogP contribution in [0.3, 0.4) is 0 Å². The highest BCUT2D eigenvalue weighted by atomic mass is 16.5. The number of aromatic amines is 1. The molecule has 1 unspecified atom stereocenters. The lowest BCUT2D eigenvalue weighted by molar-refractivity contribution is 0.414. The van der Waals surface area contributed by atoms with Gasteiger partial charge < -0.3 is 15.0 Å². The molecule has 1 heterocycles. The number of nitrogens with one attached hydrogen (secondary N) is 2. The van der Waals surface area contributed by atoms with Crippen LogP contribution in [0, 0.1) is 0 Å². The number of hydrogen-bond acceptors (Lipinski definition) is 3. The summed E-state index contributed by atoms with van der Waals surface area (Å²) < 4.78 is 5.19. The number of benzene rings is 1. The molecular weight excluding hydrogens is 250 g/mol. The van der Waals surface area contributed by atoms with Crippen LogP contribution in [0.2, 0.25) is 0 Å². The Hall–Kier alpha value is -1.81. The number of H-pyrrole nitrogens is 1. The van der Waals surface area contributed by atoms with Crippen LogP contribution in [0.1, 0.15) is 24.7 Å². The number of imidazole rings is 1. The van der Waals surface area contributed by atoms with E-state index in [2.05, 4.69) is 34.3 Å². The fourth-order valence-corrected chi connectivity index (χ4v) is 2.25. The zero-order valence-corrected chi connectivity index (χ0v) is 12.2. The third-order valence-corrected chi connectivity index (χ3v) is 3.32. The molecule has 0 aliphatic heterocycles. The highest BCUT2D eigenvalue weighted by Gasteiger charge is 2.11. The number of aromatic nitrogens is 2. The molecule has 0 spiro atoms. The summed E-state index contributed by atoms with van der Waals surface area (Å²) in [5, 5.41) is 3.59. The average molecular weight is 273 g/mol. The average Bonchev–Trinajstić information content (AvgIpc) is 2.98. The van der Waals surface area contributed by atoms with Gasteiger partial charge in [-0.05, 0) is 37.1 Å². The summed E-state index contributed by atoms with van der Waals surface area (Å²) in [6, 6.07) is 8.68. The Morgan fingerprint density at radius 3 is 2.65 bits per heavy atom. The highest BCUT2D eigenvalue weighted by molar-refractivity contribution is 5.27. The summed E-state index contributed by atoms with van der Waals surface area (Å²) in [5.41, 5.74) is 1.31. The molecule has 0 aliphatic carbocycles. The molecule has 0 saturated carbocycles. The number of rotatable bonds is 8. The van der Waals surface area contributed by atoms with E-state index in [0.29, 0.717) is 6.04 Å². The van der Waals surface area contributed by atoms with Crippen LogP contribution in [-0.2, 0) is 12.8 Å². The van der Waals surface area contributed by atoms with Crippen molar-refractivity contribution in [2.75, 3.05) is 13.7 Å². The molecule has 0 radical (unpaired) electrons. The molecule has 0 fully saturated rings. The highest BCUT2D eigenvalue weighted by Crippen LogP contribution is 2.13. The van der Waals surface area contributed by atoms with E-state index < -0.39 is 0 Å². The molecule has 2 aromatic rings. The van der Waals surface area contributed by atoms with Crippen molar-refractivity contribution < 1.29 is 4.74 Å². The Balaban J connectivity index is 1.98. The van der Waals surface area contributed by atoms with Crippen molar-refractivity contribution in [3.8, 4) is 5.75 Å². The van der Waals surface area contributed by atoms with Crippen LogP contribution < -0.4 is 10.1 Å². The van der Waals surface area contributed by atoms with Crippen molar-refractivity contribution in [3.63, 3.8) is 0 Å². The first-order valence-corrected chi connectivity index (χ1v) is 7.16. The van der Waals surface area contributed by atoms with Gasteiger partial charge in [-0.25, -0.2) is 4.98 Å². The van der Waals surface area contributed by atoms with Crippen molar-refractivity contribution in [1.29, 1.82) is 0 Å². The molecule has 0 saturated heterocycles. The molecule has 108 valence electrons. The molecule has 0 amide bonds. The van der Waals surface area contributed by atoms with E-state index in [1.165, 1.54) is 5.56 Å². The Morgan fingerprint density at radius 1 is 1.25 bits per heavy atom. The van der Waals surface area contributed by atoms with Crippen molar-refractivity contribution in [2.24, 2.45) is 0 Å². The molecule has 4 nitrogen and oxygen atoms in total. The van der Waals surface area contributed by atoms with Gasteiger partial charge in [0.05, 0.1) is 7.11 Å². The molecule has 2 rings (SSSR count). The third-order valence-electron chi connectivity index (χ3n) is 3.32. The van der Waals surface area contributed by atoms with Crippen LogP contribution in [0.4, 0.5) is 0 Å². The van der Waals surface area contributed by atoms with Gasteiger partial charge >= 0.3 is 0 Å². The Bertz CT molecular complexity index is 479. The first-order chi connectivity index (χ1) is 9.81. The summed E-state index contributed by atoms with van der Waals surface area (Å²) in [7, 11) is 1.69. The summed E-state index contributed by atoms with van der Waals surface area (Å²) >= 11 is 0. The quantitative estimate of drug-likeness (QED) is 0.777. The molecule has 0 bridgehead atoms. The Morgan fingerprint density at radius 2 is 2.05 bits per heavy atom. The van der Waals surface area contributed by atoms with Crippen molar-refractivity contribution in [3.05, 3.63) is 48.0 Å². The lowest BCUT2D eigenvalue weighted by Gasteiger charge is -2.17. The monoisotopic (exact) mass is 273 g/mol. The van der Waals surface area contributed by atoms with Crippen LogP contribution in [0.15, 0.2) is 36.7 Å². The van der Waals surface area contributed by atoms with Crippen LogP contribution in [0.25, 0.3) is 0 Å². The van der Waals surface area contributed by atoms with Crippen molar-refractivity contribution >= 4 is 0 Å². The second kappa shape index (κ2) is 7.70. The van der Waals surface area contributed by atoms with E-state index in [-0.39, 0.29) is 0 Å². The first-order valence-electron chi connectivity index (χ1n) is 7.16. The second-order valence-corrected chi connectivity index (χ2v) is 4.94. The maximum absolute atomic E-state index is 5.19. The Labute approximate surface area is 120 Å². The van der Waals surface area contributed by atoms with Gasteiger partial charge in [0.1, 0.15) is 11.6 Å². The molecule has 20 heavy (non-hydrogen) atoms. The maximum Gasteiger partial charge on any atom is 0.118 e. The van der Waals surface area contributed by atoms with Gasteiger partial charge in [0, 0.05) is 24.9 Å². The summed E-state index contributed by atoms with van der Waals surface area (Å²) in [5.74, 6) is 1.94. The van der Waals surface area contributed by atoms with E-state index in [1.54, 1.807) is 13.3 Å². The van der Waals surface area contributed by atoms with Gasteiger partial charge in [0.2, 0.25) is 0 Å². The molecule has 2 N–H and O–H groups in total. The van der Waals surface area contributed by atoms with E-state index in [0.717, 1.165) is 37.4 Å². The summed E-state index contributed by atoms with van der Waals surface area (Å²) in [6.07, 6.45) is 6.72. The Kier molecular flexibility index (Phi) is 5.62. The normalized spacial score (nSPS) is 12.3. The minimum Gasteiger partial charge on any atom is -0.497 e. The van der Waals surface area contributed by atoms with Gasteiger partial charge in [-0.15, -0.1) is 0 Å². The van der Waals surface area contributed by atoms with E-state index in [1.807, 2.05) is 18.3 Å². The second-order valence-electron chi connectivity index (χ2n) is 4.94. The van der Waals surface area contributed by atoms with Gasteiger partial charge in [0.15, 0.2) is 0 Å². The number of ether oxygens (including phenoxy) is 1. The van der Waals surface area contributed by atoms with E-state index in [9.17, 15) is 0 Å². The largest absolute Gasteiger partial charge is 0.497 e. The van der Waals surface area contributed by atoms with E-state index in [4.69, 9.17) is 4.74 Å². The zero-order chi connectivity index (χ0) is 14.2. The number of nitrogens with zero attached hydrogens (tertiary/aromatic N) is 1. The molecular formula is C16H23N3O.